The second-order valence-electron chi connectivity index (χ2n) is 7.87. The molecule has 6 nitrogen and oxygen atoms in total. The average Bonchev–Trinajstić information content (AvgIpc) is 3.02. The van der Waals surface area contributed by atoms with E-state index < -0.39 is 9.84 Å². The third-order valence-corrected chi connectivity index (χ3v) is 7.74. The molecule has 7 heteroatoms. The summed E-state index contributed by atoms with van der Waals surface area (Å²) in [6, 6.07) is 5.53. The zero-order valence-corrected chi connectivity index (χ0v) is 17.1. The Bertz CT molecular complexity index is 842. The van der Waals surface area contributed by atoms with Crippen molar-refractivity contribution in [2.75, 3.05) is 31.6 Å². The number of carbonyl (C=O) groups excluding carboxylic acids is 2. The fourth-order valence-electron chi connectivity index (χ4n) is 3.94. The van der Waals surface area contributed by atoms with Crippen LogP contribution in [0, 0.1) is 19.8 Å². The Kier molecular flexibility index (Phi) is 5.60. The number of benzene rings is 1. The van der Waals surface area contributed by atoms with Gasteiger partial charge in [-0.05, 0) is 56.4 Å². The topological polar surface area (TPSA) is 74.8 Å². The van der Waals surface area contributed by atoms with E-state index in [1.54, 1.807) is 11.9 Å². The Balaban J connectivity index is 1.57. The summed E-state index contributed by atoms with van der Waals surface area (Å²) < 4.78 is 23.3. The highest BCUT2D eigenvalue weighted by atomic mass is 32.2. The molecule has 0 bridgehead atoms. The molecule has 0 aromatic heterocycles. The second-order valence-corrected chi connectivity index (χ2v) is 10.1. The fraction of sp³-hybridized carbons (Fsp3) is 0.600. The van der Waals surface area contributed by atoms with Crippen LogP contribution in [0.3, 0.4) is 0 Å². The van der Waals surface area contributed by atoms with E-state index in [-0.39, 0.29) is 35.3 Å². The van der Waals surface area contributed by atoms with Gasteiger partial charge in [-0.25, -0.2) is 8.42 Å². The van der Waals surface area contributed by atoms with E-state index in [1.165, 1.54) is 0 Å². The minimum Gasteiger partial charge on any atom is -0.341 e. The van der Waals surface area contributed by atoms with Crippen molar-refractivity contribution in [2.24, 2.45) is 5.92 Å². The van der Waals surface area contributed by atoms with Crippen molar-refractivity contribution in [1.82, 2.24) is 9.80 Å². The van der Waals surface area contributed by atoms with E-state index in [0.29, 0.717) is 37.9 Å². The molecule has 2 saturated heterocycles. The first-order valence-corrected chi connectivity index (χ1v) is 11.3. The Hall–Kier alpha value is -1.89. The molecule has 0 N–H and O–H groups in total. The highest BCUT2D eigenvalue weighted by Crippen LogP contribution is 2.24. The van der Waals surface area contributed by atoms with Gasteiger partial charge in [-0.2, -0.15) is 0 Å². The fourth-order valence-corrected chi connectivity index (χ4v) is 5.71. The summed E-state index contributed by atoms with van der Waals surface area (Å²) in [6.07, 6.45) is 1.77. The van der Waals surface area contributed by atoms with E-state index in [2.05, 4.69) is 0 Å². The highest BCUT2D eigenvalue weighted by molar-refractivity contribution is 7.91. The molecule has 3 rings (SSSR count). The summed E-state index contributed by atoms with van der Waals surface area (Å²) in [6.45, 7) is 5.13. The number of sulfone groups is 1. The monoisotopic (exact) mass is 392 g/mol. The number of nitrogens with zero attached hydrogens (tertiary/aromatic N) is 2. The largest absolute Gasteiger partial charge is 0.341 e. The van der Waals surface area contributed by atoms with Crippen LogP contribution in [0.2, 0.25) is 0 Å². The van der Waals surface area contributed by atoms with Gasteiger partial charge in [0, 0.05) is 37.7 Å². The van der Waals surface area contributed by atoms with Crippen molar-refractivity contribution in [1.29, 1.82) is 0 Å². The molecule has 0 spiro atoms. The van der Waals surface area contributed by atoms with E-state index >= 15 is 0 Å². The van der Waals surface area contributed by atoms with Crippen molar-refractivity contribution in [3.05, 3.63) is 34.9 Å². The SMILES string of the molecule is Cc1ccc(C(=O)N2CCC(C(=O)N(C)C3CCS(=O)(=O)C3)CC2)cc1C. The molecule has 1 aromatic carbocycles. The summed E-state index contributed by atoms with van der Waals surface area (Å²) in [7, 11) is -1.30. The van der Waals surface area contributed by atoms with Gasteiger partial charge in [-0.1, -0.05) is 6.07 Å². The van der Waals surface area contributed by atoms with Crippen molar-refractivity contribution >= 4 is 21.7 Å². The normalized spacial score (nSPS) is 22.6. The Labute approximate surface area is 161 Å². The minimum atomic E-state index is -3.01. The van der Waals surface area contributed by atoms with Crippen LogP contribution in [0.1, 0.15) is 40.7 Å². The molecular formula is C20H28N2O4S. The third kappa shape index (κ3) is 4.34. The quantitative estimate of drug-likeness (QED) is 0.786. The number of rotatable bonds is 3. The number of carbonyl (C=O) groups is 2. The molecule has 0 aliphatic carbocycles. The number of hydrogen-bond donors (Lipinski definition) is 0. The van der Waals surface area contributed by atoms with Gasteiger partial charge in [0.2, 0.25) is 5.91 Å². The number of amides is 2. The van der Waals surface area contributed by atoms with Gasteiger partial charge in [-0.15, -0.1) is 0 Å². The predicted molar refractivity (Wildman–Crippen MR) is 104 cm³/mol. The number of hydrogen-bond acceptors (Lipinski definition) is 4. The Morgan fingerprint density at radius 2 is 1.74 bits per heavy atom. The summed E-state index contributed by atoms with van der Waals surface area (Å²) in [5, 5.41) is 0. The lowest BCUT2D eigenvalue weighted by Gasteiger charge is -2.34. The summed E-state index contributed by atoms with van der Waals surface area (Å²) in [5.74, 6) is 0.120. The van der Waals surface area contributed by atoms with Gasteiger partial charge in [0.1, 0.15) is 0 Å². The zero-order valence-electron chi connectivity index (χ0n) is 16.3. The average molecular weight is 393 g/mol. The highest BCUT2D eigenvalue weighted by Gasteiger charge is 2.36. The lowest BCUT2D eigenvalue weighted by atomic mass is 9.94. The molecule has 0 saturated carbocycles. The van der Waals surface area contributed by atoms with Crippen LogP contribution >= 0.6 is 0 Å². The molecule has 2 amide bonds. The lowest BCUT2D eigenvalue weighted by molar-refractivity contribution is -0.137. The van der Waals surface area contributed by atoms with Gasteiger partial charge in [-0.3, -0.25) is 9.59 Å². The number of aryl methyl sites for hydroxylation is 2. The molecule has 2 fully saturated rings. The first-order valence-electron chi connectivity index (χ1n) is 9.51. The molecule has 27 heavy (non-hydrogen) atoms. The molecular weight excluding hydrogens is 364 g/mol. The molecule has 148 valence electrons. The van der Waals surface area contributed by atoms with Gasteiger partial charge in [0.05, 0.1) is 11.5 Å². The van der Waals surface area contributed by atoms with Crippen LogP contribution in [0.25, 0.3) is 0 Å². The molecule has 2 aliphatic rings. The lowest BCUT2D eigenvalue weighted by Crippen LogP contribution is -2.46. The van der Waals surface area contributed by atoms with Crippen LogP contribution in [-0.4, -0.2) is 67.7 Å². The Morgan fingerprint density at radius 1 is 1.07 bits per heavy atom. The number of piperidine rings is 1. The van der Waals surface area contributed by atoms with E-state index in [4.69, 9.17) is 0 Å². The van der Waals surface area contributed by atoms with Crippen LogP contribution in [0.5, 0.6) is 0 Å². The molecule has 2 heterocycles. The predicted octanol–water partition coefficient (Wildman–Crippen LogP) is 1.80. The molecule has 1 aromatic rings. The molecule has 0 radical (unpaired) electrons. The maximum atomic E-state index is 12.8. The van der Waals surface area contributed by atoms with Gasteiger partial charge < -0.3 is 9.80 Å². The van der Waals surface area contributed by atoms with E-state index in [0.717, 1.165) is 11.1 Å². The van der Waals surface area contributed by atoms with Crippen LogP contribution < -0.4 is 0 Å². The first kappa shape index (κ1) is 19.9. The standard InChI is InChI=1S/C20H28N2O4S/c1-14-4-5-17(12-15(14)2)20(24)22-9-6-16(7-10-22)19(23)21(3)18-8-11-27(25,26)13-18/h4-5,12,16,18H,6-11,13H2,1-3H3. The Morgan fingerprint density at radius 3 is 2.30 bits per heavy atom. The number of likely N-dealkylation sites (tertiary alicyclic amines) is 1. The van der Waals surface area contributed by atoms with E-state index in [9.17, 15) is 18.0 Å². The molecule has 2 aliphatic heterocycles. The minimum absolute atomic E-state index is 0.00961. The van der Waals surface area contributed by atoms with Crippen LogP contribution in [0.4, 0.5) is 0 Å². The van der Waals surface area contributed by atoms with Crippen molar-refractivity contribution in [2.45, 2.75) is 39.2 Å². The van der Waals surface area contributed by atoms with Crippen molar-refractivity contribution in [3.63, 3.8) is 0 Å². The van der Waals surface area contributed by atoms with Crippen molar-refractivity contribution in [3.8, 4) is 0 Å². The molecule has 1 atom stereocenters. The maximum absolute atomic E-state index is 12.8. The van der Waals surface area contributed by atoms with Gasteiger partial charge in [0.15, 0.2) is 9.84 Å². The van der Waals surface area contributed by atoms with Gasteiger partial charge >= 0.3 is 0 Å². The van der Waals surface area contributed by atoms with Gasteiger partial charge in [0.25, 0.3) is 5.91 Å². The molecule has 1 unspecified atom stereocenters. The summed E-state index contributed by atoms with van der Waals surface area (Å²) in [4.78, 5) is 28.9. The van der Waals surface area contributed by atoms with Crippen LogP contribution in [0.15, 0.2) is 18.2 Å². The summed E-state index contributed by atoms with van der Waals surface area (Å²) in [5.41, 5.74) is 2.95. The third-order valence-electron chi connectivity index (χ3n) is 5.99. The zero-order chi connectivity index (χ0) is 19.8. The first-order chi connectivity index (χ1) is 12.7. The summed E-state index contributed by atoms with van der Waals surface area (Å²) >= 11 is 0. The van der Waals surface area contributed by atoms with Crippen molar-refractivity contribution < 1.29 is 18.0 Å². The van der Waals surface area contributed by atoms with Crippen LogP contribution in [-0.2, 0) is 14.6 Å². The smallest absolute Gasteiger partial charge is 0.253 e. The maximum Gasteiger partial charge on any atom is 0.253 e. The van der Waals surface area contributed by atoms with E-state index in [1.807, 2.05) is 36.9 Å². The second kappa shape index (κ2) is 7.62.